The maximum absolute atomic E-state index is 8.27. The summed E-state index contributed by atoms with van der Waals surface area (Å²) in [6.45, 7) is 0. The molecule has 0 amide bonds. The van der Waals surface area contributed by atoms with Gasteiger partial charge in [0.15, 0.2) is 0 Å². The van der Waals surface area contributed by atoms with Gasteiger partial charge in [0.25, 0.3) is 0 Å². The molecule has 0 heterocycles. The zero-order valence-electron chi connectivity index (χ0n) is 7.03. The molecule has 2 atom stereocenters. The molecule has 0 aromatic rings. The van der Waals surface area contributed by atoms with Crippen LogP contribution in [0.15, 0.2) is 0 Å². The van der Waals surface area contributed by atoms with Gasteiger partial charge < -0.3 is 11.5 Å². The number of hydrogen-bond acceptors (Lipinski definition) is 4. The molecule has 0 aromatic carbocycles. The molecule has 0 bridgehead atoms. The van der Waals surface area contributed by atoms with Gasteiger partial charge in [-0.3, -0.25) is 0 Å². The molecule has 0 spiro atoms. The Morgan fingerprint density at radius 2 is 1.25 bits per heavy atom. The predicted molar refractivity (Wildman–Crippen MR) is 45.6 cm³/mol. The topological polar surface area (TPSA) is 99.6 Å². The molecule has 0 aliphatic heterocycles. The number of hydrogen-bond donors (Lipinski definition) is 2. The van der Waals surface area contributed by atoms with Crippen LogP contribution < -0.4 is 11.5 Å². The minimum atomic E-state index is -0.155. The van der Waals surface area contributed by atoms with Gasteiger partial charge in [0.2, 0.25) is 0 Å². The Morgan fingerprint density at radius 1 is 0.917 bits per heavy atom. The van der Waals surface area contributed by atoms with Crippen LogP contribution in [0.2, 0.25) is 0 Å². The van der Waals surface area contributed by atoms with Gasteiger partial charge in [-0.05, 0) is 12.8 Å². The third kappa shape index (κ3) is 4.68. The van der Waals surface area contributed by atoms with E-state index in [0.29, 0.717) is 25.7 Å². The maximum Gasteiger partial charge on any atom is 0.0622 e. The van der Waals surface area contributed by atoms with Crippen molar-refractivity contribution in [1.82, 2.24) is 0 Å². The lowest BCUT2D eigenvalue weighted by molar-refractivity contribution is 0.478. The molecule has 0 aliphatic carbocycles. The zero-order chi connectivity index (χ0) is 9.40. The molecule has 2 unspecified atom stereocenters. The van der Waals surface area contributed by atoms with E-state index in [9.17, 15) is 0 Å². The van der Waals surface area contributed by atoms with E-state index in [1.54, 1.807) is 0 Å². The third-order valence-corrected chi connectivity index (χ3v) is 1.73. The summed E-state index contributed by atoms with van der Waals surface area (Å²) >= 11 is 0. The smallest absolute Gasteiger partial charge is 0.0622 e. The Morgan fingerprint density at radius 3 is 1.50 bits per heavy atom. The van der Waals surface area contributed by atoms with Gasteiger partial charge in [0, 0.05) is 24.9 Å². The molecule has 4 heteroatoms. The summed E-state index contributed by atoms with van der Waals surface area (Å²) in [7, 11) is 0. The Labute approximate surface area is 72.8 Å². The molecular weight excluding hydrogens is 152 g/mol. The van der Waals surface area contributed by atoms with Crippen molar-refractivity contribution >= 4 is 0 Å². The van der Waals surface area contributed by atoms with E-state index in [4.69, 9.17) is 22.0 Å². The SMILES string of the molecule is N#CCCC(N)C(N)CCC#N. The highest BCUT2D eigenvalue weighted by molar-refractivity contribution is 4.83. The van der Waals surface area contributed by atoms with Crippen LogP contribution in [0.4, 0.5) is 0 Å². The monoisotopic (exact) mass is 166 g/mol. The lowest BCUT2D eigenvalue weighted by Gasteiger charge is -2.16. The van der Waals surface area contributed by atoms with E-state index in [1.807, 2.05) is 12.1 Å². The third-order valence-electron chi connectivity index (χ3n) is 1.73. The Kier molecular flexibility index (Phi) is 6.00. The lowest BCUT2D eigenvalue weighted by atomic mass is 10.0. The first-order chi connectivity index (χ1) is 5.72. The molecule has 0 saturated heterocycles. The fourth-order valence-electron chi connectivity index (χ4n) is 0.891. The molecule has 0 fully saturated rings. The van der Waals surface area contributed by atoms with Gasteiger partial charge in [-0.2, -0.15) is 10.5 Å². The normalized spacial score (nSPS) is 14.3. The van der Waals surface area contributed by atoms with E-state index in [-0.39, 0.29) is 12.1 Å². The highest BCUT2D eigenvalue weighted by Gasteiger charge is 2.11. The number of nitrogens with two attached hydrogens (primary N) is 2. The van der Waals surface area contributed by atoms with E-state index >= 15 is 0 Å². The quantitative estimate of drug-likeness (QED) is 0.611. The maximum atomic E-state index is 8.27. The highest BCUT2D eigenvalue weighted by Crippen LogP contribution is 2.02. The molecule has 4 N–H and O–H groups in total. The fraction of sp³-hybridized carbons (Fsp3) is 0.750. The number of rotatable bonds is 5. The molecule has 0 saturated carbocycles. The molecule has 0 aliphatic rings. The Balaban J connectivity index is 3.56. The van der Waals surface area contributed by atoms with Crippen LogP contribution in [0, 0.1) is 22.7 Å². The van der Waals surface area contributed by atoms with Crippen molar-refractivity contribution in [2.24, 2.45) is 11.5 Å². The summed E-state index contributed by atoms with van der Waals surface area (Å²) in [5.74, 6) is 0. The Hall–Kier alpha value is -1.10. The van der Waals surface area contributed by atoms with Crippen molar-refractivity contribution in [2.45, 2.75) is 37.8 Å². The molecule has 4 nitrogen and oxygen atoms in total. The number of nitrogens with zero attached hydrogens (tertiary/aromatic N) is 2. The van der Waals surface area contributed by atoms with Gasteiger partial charge in [-0.25, -0.2) is 0 Å². The molecular formula is C8H14N4. The second kappa shape index (κ2) is 6.60. The van der Waals surface area contributed by atoms with E-state index < -0.39 is 0 Å². The molecule has 0 aromatic heterocycles. The van der Waals surface area contributed by atoms with Crippen LogP contribution in [-0.2, 0) is 0 Å². The predicted octanol–water partition coefficient (Wildman–Crippen LogP) is 0.249. The van der Waals surface area contributed by atoms with Gasteiger partial charge in [0.05, 0.1) is 12.1 Å². The first kappa shape index (κ1) is 10.9. The van der Waals surface area contributed by atoms with Gasteiger partial charge >= 0.3 is 0 Å². The van der Waals surface area contributed by atoms with Gasteiger partial charge in [0.1, 0.15) is 0 Å². The zero-order valence-corrected chi connectivity index (χ0v) is 7.03. The van der Waals surface area contributed by atoms with Crippen molar-refractivity contribution in [3.05, 3.63) is 0 Å². The summed E-state index contributed by atoms with van der Waals surface area (Å²) in [4.78, 5) is 0. The van der Waals surface area contributed by atoms with Crippen LogP contribution in [0.1, 0.15) is 25.7 Å². The molecule has 66 valence electrons. The second-order valence-electron chi connectivity index (χ2n) is 2.72. The average molecular weight is 166 g/mol. The first-order valence-electron chi connectivity index (χ1n) is 3.97. The second-order valence-corrected chi connectivity index (χ2v) is 2.72. The van der Waals surface area contributed by atoms with Crippen molar-refractivity contribution < 1.29 is 0 Å². The number of nitriles is 2. The Bertz CT molecular complexity index is 166. The van der Waals surface area contributed by atoms with Crippen molar-refractivity contribution in [3.63, 3.8) is 0 Å². The standard InChI is InChI=1S/C8H14N4/c9-5-1-3-7(11)8(12)4-2-6-10/h7-8H,1-4,11-12H2. The summed E-state index contributed by atoms with van der Waals surface area (Å²) in [6, 6.07) is 3.71. The molecule has 0 radical (unpaired) electrons. The van der Waals surface area contributed by atoms with Crippen LogP contribution >= 0.6 is 0 Å². The average Bonchev–Trinajstić information content (AvgIpc) is 2.10. The summed E-state index contributed by atoms with van der Waals surface area (Å²) < 4.78 is 0. The van der Waals surface area contributed by atoms with E-state index in [2.05, 4.69) is 0 Å². The minimum absolute atomic E-state index is 0.155. The van der Waals surface area contributed by atoms with Crippen LogP contribution in [0.3, 0.4) is 0 Å². The highest BCUT2D eigenvalue weighted by atomic mass is 14.8. The summed E-state index contributed by atoms with van der Waals surface area (Å²) in [5, 5.41) is 16.5. The van der Waals surface area contributed by atoms with Crippen molar-refractivity contribution in [3.8, 4) is 12.1 Å². The van der Waals surface area contributed by atoms with Gasteiger partial charge in [-0.1, -0.05) is 0 Å². The van der Waals surface area contributed by atoms with Crippen molar-refractivity contribution in [2.75, 3.05) is 0 Å². The minimum Gasteiger partial charge on any atom is -0.326 e. The fourth-order valence-corrected chi connectivity index (χ4v) is 0.891. The first-order valence-corrected chi connectivity index (χ1v) is 3.97. The van der Waals surface area contributed by atoms with Gasteiger partial charge in [-0.15, -0.1) is 0 Å². The van der Waals surface area contributed by atoms with Crippen molar-refractivity contribution in [1.29, 1.82) is 10.5 Å². The van der Waals surface area contributed by atoms with Crippen LogP contribution in [0.5, 0.6) is 0 Å². The molecule has 12 heavy (non-hydrogen) atoms. The summed E-state index contributed by atoms with van der Waals surface area (Å²) in [5.41, 5.74) is 11.3. The van der Waals surface area contributed by atoms with E-state index in [1.165, 1.54) is 0 Å². The summed E-state index contributed by atoms with van der Waals surface area (Å²) in [6.07, 6.45) is 2.09. The van der Waals surface area contributed by atoms with E-state index in [0.717, 1.165) is 0 Å². The van der Waals surface area contributed by atoms with Crippen LogP contribution in [0.25, 0.3) is 0 Å². The lowest BCUT2D eigenvalue weighted by Crippen LogP contribution is -2.41. The largest absolute Gasteiger partial charge is 0.326 e. The van der Waals surface area contributed by atoms with Crippen LogP contribution in [-0.4, -0.2) is 12.1 Å². The molecule has 0 rings (SSSR count).